The van der Waals surface area contributed by atoms with Crippen LogP contribution in [0.5, 0.6) is 0 Å². The predicted octanol–water partition coefficient (Wildman–Crippen LogP) is 7.78. The van der Waals surface area contributed by atoms with Crippen LogP contribution in [0.2, 0.25) is 0 Å². The van der Waals surface area contributed by atoms with E-state index >= 15 is 0 Å². The van der Waals surface area contributed by atoms with Crippen LogP contribution in [0.25, 0.3) is 11.1 Å². The highest BCUT2D eigenvalue weighted by atomic mass is 14.9. The number of rotatable bonds is 3. The molecule has 1 N–H and O–H groups in total. The number of nitrogens with one attached hydrogen (secondary N) is 1. The zero-order chi connectivity index (χ0) is 19.1. The summed E-state index contributed by atoms with van der Waals surface area (Å²) in [4.78, 5) is 0. The van der Waals surface area contributed by atoms with Crippen molar-refractivity contribution in [1.82, 2.24) is 0 Å². The quantitative estimate of drug-likeness (QED) is 0.498. The monoisotopic (exact) mass is 367 g/mol. The first-order chi connectivity index (χ1) is 13.6. The second-order valence-corrected chi connectivity index (χ2v) is 9.01. The van der Waals surface area contributed by atoms with Crippen LogP contribution in [-0.2, 0) is 5.41 Å². The number of hydrogen-bond acceptors (Lipinski definition) is 1. The third kappa shape index (κ3) is 2.94. The molecule has 1 nitrogen and oxygen atoms in total. The van der Waals surface area contributed by atoms with Gasteiger partial charge in [-0.2, -0.15) is 0 Å². The maximum Gasteiger partial charge on any atom is 0.0387 e. The largest absolute Gasteiger partial charge is 0.356 e. The molecule has 2 aliphatic rings. The van der Waals surface area contributed by atoms with Gasteiger partial charge in [0.1, 0.15) is 0 Å². The van der Waals surface area contributed by atoms with E-state index in [-0.39, 0.29) is 5.41 Å². The lowest BCUT2D eigenvalue weighted by molar-refractivity contribution is 0.443. The lowest BCUT2D eigenvalue weighted by atomic mass is 9.82. The minimum Gasteiger partial charge on any atom is -0.356 e. The number of hydrogen-bond donors (Lipinski definition) is 1. The normalized spacial score (nSPS) is 17.8. The van der Waals surface area contributed by atoms with Crippen LogP contribution in [0, 0.1) is 0 Å². The Morgan fingerprint density at radius 2 is 1.39 bits per heavy atom. The van der Waals surface area contributed by atoms with E-state index in [9.17, 15) is 0 Å². The van der Waals surface area contributed by atoms with Gasteiger partial charge in [0.2, 0.25) is 0 Å². The molecule has 5 rings (SSSR count). The maximum absolute atomic E-state index is 3.63. The molecule has 0 amide bonds. The molecule has 0 aromatic heterocycles. The number of benzene rings is 3. The molecule has 0 aliphatic heterocycles. The summed E-state index contributed by atoms with van der Waals surface area (Å²) in [5, 5.41) is 3.63. The van der Waals surface area contributed by atoms with E-state index < -0.39 is 0 Å². The van der Waals surface area contributed by atoms with Crippen molar-refractivity contribution in [2.75, 3.05) is 5.32 Å². The molecule has 0 atom stereocenters. The first-order valence-electron chi connectivity index (χ1n) is 10.7. The smallest absolute Gasteiger partial charge is 0.0387 e. The Hall–Kier alpha value is -2.54. The van der Waals surface area contributed by atoms with Crippen molar-refractivity contribution in [3.05, 3.63) is 83.4 Å². The van der Waals surface area contributed by atoms with Gasteiger partial charge in [0.15, 0.2) is 0 Å². The Morgan fingerprint density at radius 1 is 0.714 bits per heavy atom. The van der Waals surface area contributed by atoms with Crippen LogP contribution in [-0.4, -0.2) is 0 Å². The van der Waals surface area contributed by atoms with Crippen molar-refractivity contribution in [1.29, 1.82) is 0 Å². The van der Waals surface area contributed by atoms with Crippen LogP contribution >= 0.6 is 0 Å². The predicted molar refractivity (Wildman–Crippen MR) is 120 cm³/mol. The van der Waals surface area contributed by atoms with E-state index in [1.54, 1.807) is 0 Å². The number of anilines is 2. The third-order valence-corrected chi connectivity index (χ3v) is 6.86. The highest BCUT2D eigenvalue weighted by Gasteiger charge is 2.35. The van der Waals surface area contributed by atoms with Gasteiger partial charge in [0.25, 0.3) is 0 Å². The van der Waals surface area contributed by atoms with Gasteiger partial charge in [0, 0.05) is 16.8 Å². The van der Waals surface area contributed by atoms with Gasteiger partial charge in [-0.15, -0.1) is 0 Å². The molecule has 0 bridgehead atoms. The highest BCUT2D eigenvalue weighted by Crippen LogP contribution is 2.49. The van der Waals surface area contributed by atoms with Crippen LogP contribution in [0.15, 0.2) is 66.7 Å². The summed E-state index contributed by atoms with van der Waals surface area (Å²) in [6.45, 7) is 4.67. The topological polar surface area (TPSA) is 12.0 Å². The molecule has 0 saturated heterocycles. The summed E-state index contributed by atoms with van der Waals surface area (Å²) < 4.78 is 0. The van der Waals surface area contributed by atoms with E-state index in [0.29, 0.717) is 0 Å². The second-order valence-electron chi connectivity index (χ2n) is 9.01. The van der Waals surface area contributed by atoms with Crippen molar-refractivity contribution >= 4 is 11.4 Å². The maximum atomic E-state index is 3.63. The average Bonchev–Trinajstić information content (AvgIpc) is 2.97. The van der Waals surface area contributed by atoms with Gasteiger partial charge in [-0.1, -0.05) is 75.6 Å². The van der Waals surface area contributed by atoms with E-state index in [1.165, 1.54) is 71.3 Å². The standard InChI is InChI=1S/C27H29N/c1-27(2)25-11-7-6-10-23(25)24-17-16-22(18-26(24)27)28-21-14-12-20(13-15-21)19-8-4-3-5-9-19/h6-7,10-19,28H,3-5,8-9H2,1-2H3. The van der Waals surface area contributed by atoms with Gasteiger partial charge >= 0.3 is 0 Å². The van der Waals surface area contributed by atoms with E-state index in [1.807, 2.05) is 0 Å². The third-order valence-electron chi connectivity index (χ3n) is 6.86. The van der Waals surface area contributed by atoms with Crippen molar-refractivity contribution in [2.24, 2.45) is 0 Å². The summed E-state index contributed by atoms with van der Waals surface area (Å²) in [6, 6.07) is 24.8. The second kappa shape index (κ2) is 6.81. The van der Waals surface area contributed by atoms with Crippen molar-refractivity contribution in [3.8, 4) is 11.1 Å². The van der Waals surface area contributed by atoms with E-state index in [0.717, 1.165) is 5.92 Å². The zero-order valence-electron chi connectivity index (χ0n) is 17.0. The van der Waals surface area contributed by atoms with Crippen LogP contribution in [0.3, 0.4) is 0 Å². The molecule has 0 radical (unpaired) electrons. The Kier molecular flexibility index (Phi) is 4.27. The fourth-order valence-corrected chi connectivity index (χ4v) is 5.22. The SMILES string of the molecule is CC1(C)c2ccccc2-c2ccc(Nc3ccc(C4CCCCC4)cc3)cc21. The lowest BCUT2D eigenvalue weighted by Crippen LogP contribution is -2.15. The highest BCUT2D eigenvalue weighted by molar-refractivity contribution is 5.82. The minimum absolute atomic E-state index is 0.0501. The molecule has 1 saturated carbocycles. The van der Waals surface area contributed by atoms with Crippen molar-refractivity contribution in [3.63, 3.8) is 0 Å². The Labute approximate surface area is 168 Å². The molecule has 3 aromatic rings. The molecule has 28 heavy (non-hydrogen) atoms. The summed E-state index contributed by atoms with van der Waals surface area (Å²) in [6.07, 6.45) is 6.89. The molecule has 0 spiro atoms. The zero-order valence-corrected chi connectivity index (χ0v) is 17.0. The molecule has 1 fully saturated rings. The van der Waals surface area contributed by atoms with Crippen molar-refractivity contribution < 1.29 is 0 Å². The van der Waals surface area contributed by atoms with Gasteiger partial charge in [-0.25, -0.2) is 0 Å². The van der Waals surface area contributed by atoms with Gasteiger partial charge in [-0.3, -0.25) is 0 Å². The van der Waals surface area contributed by atoms with Gasteiger partial charge in [0.05, 0.1) is 0 Å². The molecule has 2 aliphatic carbocycles. The fourth-order valence-electron chi connectivity index (χ4n) is 5.22. The number of fused-ring (bicyclic) bond motifs is 3. The van der Waals surface area contributed by atoms with Crippen molar-refractivity contribution in [2.45, 2.75) is 57.3 Å². The molecular weight excluding hydrogens is 338 g/mol. The minimum atomic E-state index is 0.0501. The molecule has 1 heteroatoms. The summed E-state index contributed by atoms with van der Waals surface area (Å²) in [5.41, 5.74) is 9.50. The first kappa shape index (κ1) is 17.6. The van der Waals surface area contributed by atoms with Crippen LogP contribution in [0.1, 0.15) is 68.6 Å². The van der Waals surface area contributed by atoms with Gasteiger partial charge < -0.3 is 5.32 Å². The lowest BCUT2D eigenvalue weighted by Gasteiger charge is -2.23. The summed E-state index contributed by atoms with van der Waals surface area (Å²) >= 11 is 0. The summed E-state index contributed by atoms with van der Waals surface area (Å²) in [5.74, 6) is 0.766. The summed E-state index contributed by atoms with van der Waals surface area (Å²) in [7, 11) is 0. The molecule has 0 heterocycles. The van der Waals surface area contributed by atoms with Crippen LogP contribution in [0.4, 0.5) is 11.4 Å². The fraction of sp³-hybridized carbons (Fsp3) is 0.333. The first-order valence-corrected chi connectivity index (χ1v) is 10.7. The molecular formula is C27H29N. The van der Waals surface area contributed by atoms with Crippen LogP contribution < -0.4 is 5.32 Å². The van der Waals surface area contributed by atoms with E-state index in [2.05, 4.69) is 85.9 Å². The van der Waals surface area contributed by atoms with E-state index in [4.69, 9.17) is 0 Å². The van der Waals surface area contributed by atoms with Gasteiger partial charge in [-0.05, 0) is 70.8 Å². The molecule has 0 unspecified atom stereocenters. The Bertz CT molecular complexity index is 991. The molecule has 3 aromatic carbocycles. The molecule has 142 valence electrons. The Balaban J connectivity index is 1.39. The Morgan fingerprint density at radius 3 is 2.18 bits per heavy atom. The average molecular weight is 368 g/mol.